The minimum Gasteiger partial charge on any atom is -0.346 e. The second-order valence-corrected chi connectivity index (χ2v) is 5.11. The third-order valence-electron chi connectivity index (χ3n) is 1.38. The van der Waals surface area contributed by atoms with E-state index in [9.17, 15) is 18.0 Å². The van der Waals surface area contributed by atoms with Gasteiger partial charge < -0.3 is 5.32 Å². The number of rotatable bonds is 4. The van der Waals surface area contributed by atoms with Crippen LogP contribution >= 0.6 is 0 Å². The van der Waals surface area contributed by atoms with Gasteiger partial charge in [-0.05, 0) is 13.8 Å². The molecule has 1 N–H and O–H groups in total. The lowest BCUT2D eigenvalue weighted by atomic mass is 10.2. The van der Waals surface area contributed by atoms with Gasteiger partial charge in [0, 0.05) is 6.26 Å². The highest BCUT2D eigenvalue weighted by atomic mass is 32.2. The maximum atomic E-state index is 10.9. The Bertz CT molecular complexity index is 306. The summed E-state index contributed by atoms with van der Waals surface area (Å²) in [5.41, 5.74) is 0. The Hall–Kier alpha value is -0.910. The fraction of sp³-hybridized carbons (Fsp3) is 0.714. The van der Waals surface area contributed by atoms with Crippen LogP contribution < -0.4 is 5.32 Å². The van der Waals surface area contributed by atoms with Crippen molar-refractivity contribution in [1.29, 1.82) is 0 Å². The van der Waals surface area contributed by atoms with Crippen LogP contribution in [0.1, 0.15) is 13.8 Å². The van der Waals surface area contributed by atoms with Gasteiger partial charge in [0.15, 0.2) is 15.6 Å². The molecule has 0 aliphatic carbocycles. The summed E-state index contributed by atoms with van der Waals surface area (Å²) in [5.74, 6) is -1.43. The molecule has 0 bridgehead atoms. The molecule has 0 spiro atoms. The first-order valence-corrected chi connectivity index (χ1v) is 5.76. The SMILES string of the molecule is CC(=O)C(C)NC(=O)CS(C)(=O)=O. The van der Waals surface area contributed by atoms with Gasteiger partial charge in [-0.2, -0.15) is 0 Å². The van der Waals surface area contributed by atoms with Gasteiger partial charge in [-0.1, -0.05) is 0 Å². The maximum Gasteiger partial charge on any atom is 0.235 e. The average molecular weight is 207 g/mol. The van der Waals surface area contributed by atoms with Gasteiger partial charge in [0.05, 0.1) is 6.04 Å². The Morgan fingerprint density at radius 2 is 1.85 bits per heavy atom. The van der Waals surface area contributed by atoms with Crippen molar-refractivity contribution in [2.45, 2.75) is 19.9 Å². The smallest absolute Gasteiger partial charge is 0.235 e. The first-order chi connectivity index (χ1) is 5.72. The summed E-state index contributed by atoms with van der Waals surface area (Å²) in [6.45, 7) is 2.83. The Morgan fingerprint density at radius 1 is 1.38 bits per heavy atom. The van der Waals surface area contributed by atoms with Crippen molar-refractivity contribution in [1.82, 2.24) is 5.32 Å². The Labute approximate surface area is 77.4 Å². The van der Waals surface area contributed by atoms with Crippen molar-refractivity contribution in [2.24, 2.45) is 0 Å². The molecule has 0 saturated heterocycles. The first kappa shape index (κ1) is 12.1. The number of sulfone groups is 1. The molecule has 6 heteroatoms. The number of carbonyl (C=O) groups is 2. The normalized spacial score (nSPS) is 13.5. The van der Waals surface area contributed by atoms with Gasteiger partial charge in [0.1, 0.15) is 5.75 Å². The number of ketones is 1. The quantitative estimate of drug-likeness (QED) is 0.649. The molecule has 0 aromatic carbocycles. The second kappa shape index (κ2) is 4.36. The van der Waals surface area contributed by atoms with E-state index in [0.717, 1.165) is 6.26 Å². The number of Topliss-reactive ketones (excluding diaryl/α,β-unsaturated/α-hetero) is 1. The molecule has 0 aromatic heterocycles. The molecule has 0 aliphatic heterocycles. The molecular weight excluding hydrogens is 194 g/mol. The summed E-state index contributed by atoms with van der Waals surface area (Å²) < 4.78 is 21.3. The zero-order valence-corrected chi connectivity index (χ0v) is 8.64. The maximum absolute atomic E-state index is 10.9. The summed E-state index contributed by atoms with van der Waals surface area (Å²) in [6, 6.07) is -0.630. The van der Waals surface area contributed by atoms with Crippen LogP contribution in [0.5, 0.6) is 0 Å². The summed E-state index contributed by atoms with van der Waals surface area (Å²) in [6.07, 6.45) is 0.963. The predicted octanol–water partition coefficient (Wildman–Crippen LogP) is -0.875. The van der Waals surface area contributed by atoms with Gasteiger partial charge in [-0.3, -0.25) is 9.59 Å². The zero-order valence-electron chi connectivity index (χ0n) is 7.83. The second-order valence-electron chi connectivity index (χ2n) is 2.97. The van der Waals surface area contributed by atoms with Crippen LogP contribution in [0.25, 0.3) is 0 Å². The third kappa shape index (κ3) is 6.27. The molecule has 0 heterocycles. The minimum absolute atomic E-state index is 0.207. The molecule has 0 fully saturated rings. The summed E-state index contributed by atoms with van der Waals surface area (Å²) in [5, 5.41) is 2.27. The van der Waals surface area contributed by atoms with Crippen molar-refractivity contribution in [3.05, 3.63) is 0 Å². The molecule has 0 aromatic rings. The highest BCUT2D eigenvalue weighted by Gasteiger charge is 2.15. The molecule has 0 radical (unpaired) electrons. The topological polar surface area (TPSA) is 80.3 Å². The van der Waals surface area contributed by atoms with Gasteiger partial charge in [-0.15, -0.1) is 0 Å². The molecule has 1 amide bonds. The third-order valence-corrected chi connectivity index (χ3v) is 2.17. The van der Waals surface area contributed by atoms with Crippen molar-refractivity contribution in [3.8, 4) is 0 Å². The van der Waals surface area contributed by atoms with Gasteiger partial charge >= 0.3 is 0 Å². The van der Waals surface area contributed by atoms with Crippen LogP contribution in [0.15, 0.2) is 0 Å². The van der Waals surface area contributed by atoms with Gasteiger partial charge in [0.2, 0.25) is 5.91 Å². The van der Waals surface area contributed by atoms with Gasteiger partial charge in [-0.25, -0.2) is 8.42 Å². The molecule has 0 aliphatic rings. The van der Waals surface area contributed by atoms with E-state index in [1.165, 1.54) is 13.8 Å². The molecule has 5 nitrogen and oxygen atoms in total. The van der Waals surface area contributed by atoms with Crippen molar-refractivity contribution < 1.29 is 18.0 Å². The lowest BCUT2D eigenvalue weighted by Crippen LogP contribution is -2.40. The van der Waals surface area contributed by atoms with E-state index in [-0.39, 0.29) is 5.78 Å². The number of hydrogen-bond acceptors (Lipinski definition) is 4. The lowest BCUT2D eigenvalue weighted by molar-refractivity contribution is -0.125. The van der Waals surface area contributed by atoms with Crippen molar-refractivity contribution >= 4 is 21.5 Å². The zero-order chi connectivity index (χ0) is 10.6. The molecule has 1 atom stereocenters. The van der Waals surface area contributed by atoms with Crippen LogP contribution in [0.3, 0.4) is 0 Å². The molecular formula is C7H13NO4S. The highest BCUT2D eigenvalue weighted by molar-refractivity contribution is 7.91. The molecule has 13 heavy (non-hydrogen) atoms. The summed E-state index contributed by atoms with van der Waals surface area (Å²) >= 11 is 0. The van der Waals surface area contributed by atoms with Crippen LogP contribution in [0, 0.1) is 0 Å². The molecule has 76 valence electrons. The van der Waals surface area contributed by atoms with Gasteiger partial charge in [0.25, 0.3) is 0 Å². The standard InChI is InChI=1S/C7H13NO4S/c1-5(6(2)9)8-7(10)4-13(3,11)12/h5H,4H2,1-3H3,(H,8,10). The van der Waals surface area contributed by atoms with E-state index >= 15 is 0 Å². The lowest BCUT2D eigenvalue weighted by Gasteiger charge is -2.09. The largest absolute Gasteiger partial charge is 0.346 e. The highest BCUT2D eigenvalue weighted by Crippen LogP contribution is 1.87. The van der Waals surface area contributed by atoms with Crippen molar-refractivity contribution in [2.75, 3.05) is 12.0 Å². The summed E-state index contributed by atoms with van der Waals surface area (Å²) in [7, 11) is -3.32. The fourth-order valence-electron chi connectivity index (χ4n) is 0.623. The van der Waals surface area contributed by atoms with E-state index < -0.39 is 27.5 Å². The molecule has 1 unspecified atom stereocenters. The van der Waals surface area contributed by atoms with E-state index in [4.69, 9.17) is 0 Å². The van der Waals surface area contributed by atoms with E-state index in [1.807, 2.05) is 0 Å². The van der Waals surface area contributed by atoms with Crippen LogP contribution in [0.4, 0.5) is 0 Å². The molecule has 0 rings (SSSR count). The Balaban J connectivity index is 4.11. The Morgan fingerprint density at radius 3 is 2.15 bits per heavy atom. The van der Waals surface area contributed by atoms with E-state index in [2.05, 4.69) is 5.32 Å². The van der Waals surface area contributed by atoms with E-state index in [1.54, 1.807) is 0 Å². The Kier molecular flexibility index (Phi) is 4.06. The number of nitrogens with one attached hydrogen (secondary N) is 1. The fourth-order valence-corrected chi connectivity index (χ4v) is 1.18. The van der Waals surface area contributed by atoms with Crippen LogP contribution in [0.2, 0.25) is 0 Å². The monoisotopic (exact) mass is 207 g/mol. The van der Waals surface area contributed by atoms with Crippen LogP contribution in [-0.4, -0.2) is 38.2 Å². The number of carbonyl (C=O) groups excluding carboxylic acids is 2. The summed E-state index contributed by atoms with van der Waals surface area (Å²) in [4.78, 5) is 21.6. The minimum atomic E-state index is -3.32. The molecule has 0 saturated carbocycles. The van der Waals surface area contributed by atoms with Crippen molar-refractivity contribution in [3.63, 3.8) is 0 Å². The average Bonchev–Trinajstić information content (AvgIpc) is 1.81. The first-order valence-electron chi connectivity index (χ1n) is 3.70. The van der Waals surface area contributed by atoms with Crippen LogP contribution in [-0.2, 0) is 19.4 Å². The predicted molar refractivity (Wildman–Crippen MR) is 48.0 cm³/mol. The van der Waals surface area contributed by atoms with E-state index in [0.29, 0.717) is 0 Å². The number of amides is 1. The number of hydrogen-bond donors (Lipinski definition) is 1.